The summed E-state index contributed by atoms with van der Waals surface area (Å²) >= 11 is 0. The number of nitrogens with zero attached hydrogens (tertiary/aromatic N) is 3. The van der Waals surface area contributed by atoms with Gasteiger partial charge in [0.25, 0.3) is 5.56 Å². The van der Waals surface area contributed by atoms with Crippen LogP contribution in [-0.4, -0.2) is 46.1 Å². The van der Waals surface area contributed by atoms with Crippen LogP contribution in [0.5, 0.6) is 11.5 Å². The number of carbonyl (C=O) groups excluding carboxylic acids is 1. The van der Waals surface area contributed by atoms with Gasteiger partial charge in [0.1, 0.15) is 11.4 Å². The van der Waals surface area contributed by atoms with Crippen LogP contribution in [-0.2, 0) is 17.6 Å². The summed E-state index contributed by atoms with van der Waals surface area (Å²) in [6.45, 7) is 10.3. The third-order valence-corrected chi connectivity index (χ3v) is 6.59. The number of benzene rings is 1. The summed E-state index contributed by atoms with van der Waals surface area (Å²) in [6, 6.07) is 8.46. The van der Waals surface area contributed by atoms with E-state index in [1.165, 1.54) is 16.8 Å². The Kier molecular flexibility index (Phi) is 8.53. The standard InChI is InChI=1S/C29H31N3O5.2ClH/c1-7-36-27(34)17-10-11-30-22(13-17)32-16-18(8-9-23(32)33)25-24-19(14-28(2,3)31-25)12-21(35-6)26-20(24)15-29(4,5)37-26;;/h8-13,16H,7,14-15H2,1-6H3;2*1H. The molecule has 0 N–H and O–H groups in total. The summed E-state index contributed by atoms with van der Waals surface area (Å²) in [5.41, 5.74) is 4.11. The smallest absolute Gasteiger partial charge is 0.338 e. The first kappa shape index (κ1) is 30.2. The van der Waals surface area contributed by atoms with Gasteiger partial charge in [0.15, 0.2) is 11.5 Å². The van der Waals surface area contributed by atoms with Gasteiger partial charge in [0, 0.05) is 41.6 Å². The summed E-state index contributed by atoms with van der Waals surface area (Å²) < 4.78 is 18.6. The van der Waals surface area contributed by atoms with Crippen LogP contribution in [0.1, 0.15) is 67.2 Å². The molecule has 5 rings (SSSR count). The molecule has 0 fully saturated rings. The van der Waals surface area contributed by atoms with Crippen molar-refractivity contribution in [3.8, 4) is 17.3 Å². The number of ether oxygens (including phenoxy) is 3. The highest BCUT2D eigenvalue weighted by atomic mass is 35.5. The van der Waals surface area contributed by atoms with Crippen LogP contribution in [0.3, 0.4) is 0 Å². The molecular weight excluding hydrogens is 541 g/mol. The van der Waals surface area contributed by atoms with Crippen molar-refractivity contribution >= 4 is 36.5 Å². The zero-order valence-corrected chi connectivity index (χ0v) is 24.5. The lowest BCUT2D eigenvalue weighted by atomic mass is 9.81. The highest BCUT2D eigenvalue weighted by Gasteiger charge is 2.39. The Balaban J connectivity index is 0.00000210. The summed E-state index contributed by atoms with van der Waals surface area (Å²) in [5, 5.41) is 0. The Morgan fingerprint density at radius 2 is 1.85 bits per heavy atom. The van der Waals surface area contributed by atoms with Crippen molar-refractivity contribution in [2.45, 2.75) is 58.6 Å². The molecule has 0 atom stereocenters. The molecule has 10 heteroatoms. The third-order valence-electron chi connectivity index (χ3n) is 6.59. The molecule has 0 amide bonds. The normalized spacial score (nSPS) is 15.9. The number of hydrogen-bond acceptors (Lipinski definition) is 7. The van der Waals surface area contributed by atoms with Gasteiger partial charge in [-0.25, -0.2) is 9.78 Å². The molecule has 2 aromatic heterocycles. The predicted octanol–water partition coefficient (Wildman–Crippen LogP) is 5.15. The maximum Gasteiger partial charge on any atom is 0.338 e. The number of aromatic nitrogens is 2. The van der Waals surface area contributed by atoms with E-state index >= 15 is 0 Å². The minimum atomic E-state index is -0.463. The van der Waals surface area contributed by atoms with Crippen LogP contribution in [0.4, 0.5) is 0 Å². The van der Waals surface area contributed by atoms with Gasteiger partial charge in [-0.3, -0.25) is 14.4 Å². The van der Waals surface area contributed by atoms with E-state index in [0.29, 0.717) is 17.8 Å². The van der Waals surface area contributed by atoms with E-state index in [-0.39, 0.29) is 48.1 Å². The second-order valence-corrected chi connectivity index (χ2v) is 10.7. The number of pyridine rings is 2. The van der Waals surface area contributed by atoms with Crippen LogP contribution in [0.15, 0.2) is 52.5 Å². The fraction of sp³-hybridized carbons (Fsp3) is 0.379. The van der Waals surface area contributed by atoms with Crippen LogP contribution in [0.2, 0.25) is 0 Å². The summed E-state index contributed by atoms with van der Waals surface area (Å²) in [7, 11) is 1.66. The van der Waals surface area contributed by atoms with E-state index in [0.717, 1.165) is 45.9 Å². The van der Waals surface area contributed by atoms with E-state index in [2.05, 4.69) is 32.7 Å². The van der Waals surface area contributed by atoms with Crippen molar-refractivity contribution in [3.05, 3.63) is 80.9 Å². The van der Waals surface area contributed by atoms with E-state index < -0.39 is 5.97 Å². The van der Waals surface area contributed by atoms with Gasteiger partial charge in [0.05, 0.1) is 30.5 Å². The molecule has 3 aromatic rings. The van der Waals surface area contributed by atoms with Crippen LogP contribution >= 0.6 is 24.8 Å². The molecule has 0 unspecified atom stereocenters. The molecule has 0 saturated carbocycles. The molecule has 0 saturated heterocycles. The molecule has 0 radical (unpaired) electrons. The maximum absolute atomic E-state index is 12.9. The van der Waals surface area contributed by atoms with Crippen LogP contribution in [0, 0.1) is 0 Å². The Labute approximate surface area is 240 Å². The quantitative estimate of drug-likeness (QED) is 0.392. The minimum absolute atomic E-state index is 0. The molecule has 0 aliphatic carbocycles. The van der Waals surface area contributed by atoms with Gasteiger partial charge in [-0.05, 0) is 70.9 Å². The van der Waals surface area contributed by atoms with Crippen LogP contribution in [0.25, 0.3) is 5.82 Å². The second kappa shape index (κ2) is 11.0. The van der Waals surface area contributed by atoms with Gasteiger partial charge in [0.2, 0.25) is 0 Å². The Morgan fingerprint density at radius 3 is 2.54 bits per heavy atom. The highest BCUT2D eigenvalue weighted by Crippen LogP contribution is 2.47. The molecule has 4 heterocycles. The van der Waals surface area contributed by atoms with E-state index in [9.17, 15) is 9.59 Å². The zero-order chi connectivity index (χ0) is 26.5. The zero-order valence-electron chi connectivity index (χ0n) is 22.9. The van der Waals surface area contributed by atoms with Gasteiger partial charge in [-0.1, -0.05) is 0 Å². The van der Waals surface area contributed by atoms with Crippen molar-refractivity contribution in [2.75, 3.05) is 13.7 Å². The Bertz CT molecular complexity index is 1510. The molecule has 1 aromatic carbocycles. The van der Waals surface area contributed by atoms with Gasteiger partial charge in [-0.2, -0.15) is 0 Å². The van der Waals surface area contributed by atoms with E-state index in [1.807, 2.05) is 6.07 Å². The number of methoxy groups -OCH3 is 1. The first-order chi connectivity index (χ1) is 17.5. The fourth-order valence-corrected chi connectivity index (χ4v) is 5.13. The molecule has 0 spiro atoms. The average Bonchev–Trinajstić information content (AvgIpc) is 3.17. The lowest BCUT2D eigenvalue weighted by Crippen LogP contribution is -2.31. The molecule has 39 heavy (non-hydrogen) atoms. The number of hydrogen-bond donors (Lipinski definition) is 0. The lowest BCUT2D eigenvalue weighted by molar-refractivity contribution is 0.0526. The first-order valence-electron chi connectivity index (χ1n) is 12.4. The molecule has 2 aliphatic rings. The predicted molar refractivity (Wildman–Crippen MR) is 155 cm³/mol. The highest BCUT2D eigenvalue weighted by molar-refractivity contribution is 6.16. The van der Waals surface area contributed by atoms with Crippen molar-refractivity contribution in [1.82, 2.24) is 9.55 Å². The number of fused-ring (bicyclic) bond motifs is 3. The summed E-state index contributed by atoms with van der Waals surface area (Å²) in [5.74, 6) is 1.34. The molecule has 8 nitrogen and oxygen atoms in total. The Morgan fingerprint density at radius 1 is 1.10 bits per heavy atom. The maximum atomic E-state index is 12.9. The lowest BCUT2D eigenvalue weighted by Gasteiger charge is -2.31. The largest absolute Gasteiger partial charge is 0.493 e. The van der Waals surface area contributed by atoms with Gasteiger partial charge >= 0.3 is 5.97 Å². The third kappa shape index (κ3) is 5.68. The monoisotopic (exact) mass is 573 g/mol. The van der Waals surface area contributed by atoms with Crippen molar-refractivity contribution in [2.24, 2.45) is 4.99 Å². The molecular formula is C29H33Cl2N3O5. The molecule has 2 aliphatic heterocycles. The van der Waals surface area contributed by atoms with Gasteiger partial charge < -0.3 is 14.2 Å². The van der Waals surface area contributed by atoms with Crippen LogP contribution < -0.4 is 15.0 Å². The molecule has 0 bridgehead atoms. The van der Waals surface area contributed by atoms with E-state index in [4.69, 9.17) is 19.2 Å². The van der Waals surface area contributed by atoms with E-state index in [1.54, 1.807) is 38.4 Å². The first-order valence-corrected chi connectivity index (χ1v) is 12.4. The topological polar surface area (TPSA) is 92.0 Å². The van der Waals surface area contributed by atoms with Crippen molar-refractivity contribution in [3.63, 3.8) is 0 Å². The van der Waals surface area contributed by atoms with Crippen molar-refractivity contribution < 1.29 is 19.0 Å². The minimum Gasteiger partial charge on any atom is -0.493 e. The molecule has 208 valence electrons. The Hall–Kier alpha value is -3.36. The SMILES string of the molecule is CCOC(=O)c1ccnc(-n2cc(C3=NC(C)(C)Cc4cc(OC)c5c(c43)CC(C)(C)O5)ccc2=O)c1.Cl.Cl. The second-order valence-electron chi connectivity index (χ2n) is 10.7. The van der Waals surface area contributed by atoms with Gasteiger partial charge in [-0.15, -0.1) is 24.8 Å². The number of halogens is 2. The number of aliphatic imine (C=N–C) groups is 1. The summed E-state index contributed by atoms with van der Waals surface area (Å²) in [4.78, 5) is 34.7. The van der Waals surface area contributed by atoms with Crippen molar-refractivity contribution in [1.29, 1.82) is 0 Å². The number of esters is 1. The average molecular weight is 575 g/mol. The number of carbonyl (C=O) groups is 1. The summed E-state index contributed by atoms with van der Waals surface area (Å²) in [6.07, 6.45) is 4.69. The fourth-order valence-electron chi connectivity index (χ4n) is 5.13. The number of rotatable bonds is 5.